The van der Waals surface area contributed by atoms with Crippen molar-refractivity contribution in [2.75, 3.05) is 23.7 Å². The van der Waals surface area contributed by atoms with Gasteiger partial charge in [-0.3, -0.25) is 0 Å². The molecule has 3 rings (SSSR count). The summed E-state index contributed by atoms with van der Waals surface area (Å²) in [6.45, 7) is 2.62. The van der Waals surface area contributed by atoms with E-state index in [2.05, 4.69) is 4.98 Å². The first kappa shape index (κ1) is 14.9. The average Bonchev–Trinajstić information content (AvgIpc) is 2.46. The van der Waals surface area contributed by atoms with Crippen LogP contribution in [0.2, 0.25) is 10.0 Å². The summed E-state index contributed by atoms with van der Waals surface area (Å²) in [5, 5.41) is 1.54. The van der Waals surface area contributed by atoms with E-state index >= 15 is 0 Å². The molecule has 1 atom stereocenters. The van der Waals surface area contributed by atoms with Gasteiger partial charge in [-0.1, -0.05) is 23.2 Å². The molecule has 0 spiro atoms. The van der Waals surface area contributed by atoms with Crippen LogP contribution in [0.1, 0.15) is 6.92 Å². The summed E-state index contributed by atoms with van der Waals surface area (Å²) in [6, 6.07) is 7.18. The number of rotatable bonds is 1. The first-order valence-corrected chi connectivity index (χ1v) is 9.07. The Labute approximate surface area is 133 Å². The third-order valence-electron chi connectivity index (χ3n) is 3.80. The lowest BCUT2D eigenvalue weighted by Crippen LogP contribution is -2.45. The molecule has 1 saturated heterocycles. The largest absolute Gasteiger partial charge is 0.354 e. The predicted octanol–water partition coefficient (Wildman–Crippen LogP) is 3.16. The van der Waals surface area contributed by atoms with E-state index in [-0.39, 0.29) is 5.75 Å². The number of hydrogen-bond acceptors (Lipinski definition) is 4. The Morgan fingerprint density at radius 1 is 1.19 bits per heavy atom. The molecule has 7 heteroatoms. The highest BCUT2D eigenvalue weighted by Crippen LogP contribution is 2.30. The van der Waals surface area contributed by atoms with Gasteiger partial charge in [-0.15, -0.1) is 0 Å². The number of fused-ring (bicyclic) bond motifs is 1. The number of pyridine rings is 1. The van der Waals surface area contributed by atoms with Crippen LogP contribution in [0.4, 0.5) is 5.82 Å². The molecule has 21 heavy (non-hydrogen) atoms. The van der Waals surface area contributed by atoms with Crippen LogP contribution in [0.25, 0.3) is 10.9 Å². The maximum Gasteiger partial charge on any atom is 0.156 e. The number of anilines is 1. The fourth-order valence-electron chi connectivity index (χ4n) is 2.48. The molecule has 0 saturated carbocycles. The molecule has 1 fully saturated rings. The number of nitrogens with zero attached hydrogens (tertiary/aromatic N) is 2. The molecule has 0 aliphatic carbocycles. The number of hydrogen-bond donors (Lipinski definition) is 0. The molecular weight excluding hydrogens is 331 g/mol. The molecule has 0 amide bonds. The van der Waals surface area contributed by atoms with Crippen LogP contribution in [0.15, 0.2) is 24.3 Å². The summed E-state index contributed by atoms with van der Waals surface area (Å²) in [4.78, 5) is 6.53. The number of halogens is 2. The second-order valence-corrected chi connectivity index (χ2v) is 8.57. The highest BCUT2D eigenvalue weighted by Gasteiger charge is 2.30. The smallest absolute Gasteiger partial charge is 0.156 e. The summed E-state index contributed by atoms with van der Waals surface area (Å²) < 4.78 is 23.6. The van der Waals surface area contributed by atoms with Crippen LogP contribution in [-0.2, 0) is 9.84 Å². The van der Waals surface area contributed by atoms with Crippen molar-refractivity contribution in [2.24, 2.45) is 0 Å². The Hall–Kier alpha value is -1.04. The minimum Gasteiger partial charge on any atom is -0.354 e. The molecule has 1 aliphatic heterocycles. The van der Waals surface area contributed by atoms with Crippen molar-refractivity contribution in [3.8, 4) is 0 Å². The van der Waals surface area contributed by atoms with Gasteiger partial charge >= 0.3 is 0 Å². The van der Waals surface area contributed by atoms with Crippen molar-refractivity contribution in [1.29, 1.82) is 0 Å². The van der Waals surface area contributed by atoms with Crippen LogP contribution in [0, 0.1) is 0 Å². The molecule has 1 aliphatic rings. The first-order chi connectivity index (χ1) is 9.88. The third kappa shape index (κ3) is 2.70. The van der Waals surface area contributed by atoms with Crippen LogP contribution < -0.4 is 4.90 Å². The molecular formula is C14H14Cl2N2O2S. The van der Waals surface area contributed by atoms with Gasteiger partial charge in [0, 0.05) is 18.5 Å². The molecule has 2 heterocycles. The third-order valence-corrected chi connectivity index (χ3v) is 6.56. The average molecular weight is 345 g/mol. The second kappa shape index (κ2) is 5.30. The summed E-state index contributed by atoms with van der Waals surface area (Å²) in [5.41, 5.74) is 0.641. The highest BCUT2D eigenvalue weighted by molar-refractivity contribution is 7.92. The van der Waals surface area contributed by atoms with E-state index in [1.54, 1.807) is 19.1 Å². The topological polar surface area (TPSA) is 50.3 Å². The summed E-state index contributed by atoms with van der Waals surface area (Å²) in [6.07, 6.45) is 0. The molecule has 0 N–H and O–H groups in total. The van der Waals surface area contributed by atoms with Crippen molar-refractivity contribution in [3.63, 3.8) is 0 Å². The quantitative estimate of drug-likeness (QED) is 0.797. The van der Waals surface area contributed by atoms with E-state index in [0.29, 0.717) is 28.7 Å². The fourth-order valence-corrected chi connectivity index (χ4v) is 4.18. The Balaban J connectivity index is 2.01. The first-order valence-electron chi connectivity index (χ1n) is 6.60. The Morgan fingerprint density at radius 3 is 2.62 bits per heavy atom. The van der Waals surface area contributed by atoms with E-state index in [1.165, 1.54) is 0 Å². The van der Waals surface area contributed by atoms with Crippen LogP contribution in [0.3, 0.4) is 0 Å². The minimum atomic E-state index is -2.98. The van der Waals surface area contributed by atoms with Gasteiger partial charge in [-0.05, 0) is 31.2 Å². The zero-order chi connectivity index (χ0) is 15.2. The van der Waals surface area contributed by atoms with E-state index < -0.39 is 15.1 Å². The molecule has 1 aromatic carbocycles. The molecule has 112 valence electrons. The lowest BCUT2D eigenvalue weighted by atomic mass is 10.2. The summed E-state index contributed by atoms with van der Waals surface area (Å²) in [5.74, 6) is 0.880. The van der Waals surface area contributed by atoms with E-state index in [9.17, 15) is 8.42 Å². The van der Waals surface area contributed by atoms with Gasteiger partial charge in [0.1, 0.15) is 5.82 Å². The molecule has 2 aromatic rings. The minimum absolute atomic E-state index is 0.150. The Bertz CT molecular complexity index is 808. The van der Waals surface area contributed by atoms with E-state index in [1.807, 2.05) is 17.0 Å². The molecule has 0 bridgehead atoms. The lowest BCUT2D eigenvalue weighted by molar-refractivity contribution is 0.568. The summed E-state index contributed by atoms with van der Waals surface area (Å²) >= 11 is 12.3. The van der Waals surface area contributed by atoms with Crippen LogP contribution in [0.5, 0.6) is 0 Å². The molecule has 0 radical (unpaired) electrons. The highest BCUT2D eigenvalue weighted by atomic mass is 35.5. The number of benzene rings is 1. The zero-order valence-electron chi connectivity index (χ0n) is 11.4. The van der Waals surface area contributed by atoms with Crippen molar-refractivity contribution in [1.82, 2.24) is 4.98 Å². The van der Waals surface area contributed by atoms with Gasteiger partial charge in [0.15, 0.2) is 9.84 Å². The van der Waals surface area contributed by atoms with Crippen molar-refractivity contribution >= 4 is 49.8 Å². The van der Waals surface area contributed by atoms with Gasteiger partial charge in [0.25, 0.3) is 0 Å². The second-order valence-electron chi connectivity index (χ2n) is 5.22. The molecule has 1 aromatic heterocycles. The predicted molar refractivity (Wildman–Crippen MR) is 87.2 cm³/mol. The zero-order valence-corrected chi connectivity index (χ0v) is 13.7. The fraction of sp³-hybridized carbons (Fsp3) is 0.357. The standard InChI is InChI=1S/C14H14Cl2N2O2S/c1-9-8-18(6-7-21(9,19)20)13-5-2-10-11(15)3-4-12(16)14(10)17-13/h2-5,9H,6-8H2,1H3. The van der Waals surface area contributed by atoms with Gasteiger partial charge in [0.2, 0.25) is 0 Å². The molecule has 4 nitrogen and oxygen atoms in total. The number of sulfone groups is 1. The van der Waals surface area contributed by atoms with Gasteiger partial charge in [-0.25, -0.2) is 13.4 Å². The van der Waals surface area contributed by atoms with Gasteiger partial charge < -0.3 is 4.90 Å². The van der Waals surface area contributed by atoms with E-state index in [4.69, 9.17) is 23.2 Å². The monoisotopic (exact) mass is 344 g/mol. The normalized spacial score (nSPS) is 21.7. The van der Waals surface area contributed by atoms with Crippen LogP contribution >= 0.6 is 23.2 Å². The maximum absolute atomic E-state index is 11.8. The molecule has 1 unspecified atom stereocenters. The van der Waals surface area contributed by atoms with Crippen molar-refractivity contribution < 1.29 is 8.42 Å². The Morgan fingerprint density at radius 2 is 1.90 bits per heavy atom. The maximum atomic E-state index is 11.8. The summed E-state index contributed by atoms with van der Waals surface area (Å²) in [7, 11) is -2.98. The van der Waals surface area contributed by atoms with Gasteiger partial charge in [0.05, 0.1) is 26.6 Å². The number of aromatic nitrogens is 1. The SMILES string of the molecule is CC1CN(c2ccc3c(Cl)ccc(Cl)c3n2)CCS1(=O)=O. The van der Waals surface area contributed by atoms with Gasteiger partial charge in [-0.2, -0.15) is 0 Å². The van der Waals surface area contributed by atoms with Crippen molar-refractivity contribution in [3.05, 3.63) is 34.3 Å². The van der Waals surface area contributed by atoms with E-state index in [0.717, 1.165) is 11.2 Å². The lowest BCUT2D eigenvalue weighted by Gasteiger charge is -2.31. The van der Waals surface area contributed by atoms with Crippen molar-refractivity contribution in [2.45, 2.75) is 12.2 Å². The Kier molecular flexibility index (Phi) is 3.76. The van der Waals surface area contributed by atoms with Crippen LogP contribution in [-0.4, -0.2) is 37.5 Å².